The standard InChI is InChI=1S/C15H18N2O2/c1-16-12-6-4-8-17(10-12)15(18)14-9-11-5-2-3-7-13(11)19-14/h2-3,5,7,9,12,16H,4,6,8,10H2,1H3. The lowest BCUT2D eigenvalue weighted by atomic mass is 10.1. The van der Waals surface area contributed by atoms with Crippen LogP contribution in [0.3, 0.4) is 0 Å². The van der Waals surface area contributed by atoms with E-state index in [-0.39, 0.29) is 5.91 Å². The Hall–Kier alpha value is -1.81. The maximum Gasteiger partial charge on any atom is 0.289 e. The predicted molar refractivity (Wildman–Crippen MR) is 74.2 cm³/mol. The Morgan fingerprint density at radius 3 is 3.05 bits per heavy atom. The molecule has 1 aromatic heterocycles. The first-order valence-corrected chi connectivity index (χ1v) is 6.73. The first-order chi connectivity index (χ1) is 9.28. The van der Waals surface area contributed by atoms with Crippen molar-refractivity contribution >= 4 is 16.9 Å². The van der Waals surface area contributed by atoms with E-state index in [9.17, 15) is 4.79 Å². The van der Waals surface area contributed by atoms with E-state index < -0.39 is 0 Å². The average molecular weight is 258 g/mol. The van der Waals surface area contributed by atoms with E-state index in [0.29, 0.717) is 11.8 Å². The lowest BCUT2D eigenvalue weighted by Gasteiger charge is -2.31. The van der Waals surface area contributed by atoms with Gasteiger partial charge in [-0.15, -0.1) is 0 Å². The number of benzene rings is 1. The molecule has 0 aliphatic carbocycles. The van der Waals surface area contributed by atoms with Crippen LogP contribution >= 0.6 is 0 Å². The number of rotatable bonds is 2. The molecule has 0 saturated carbocycles. The van der Waals surface area contributed by atoms with Crippen LogP contribution in [0.25, 0.3) is 11.0 Å². The molecule has 2 aromatic rings. The van der Waals surface area contributed by atoms with E-state index >= 15 is 0 Å². The smallest absolute Gasteiger partial charge is 0.289 e. The predicted octanol–water partition coefficient (Wildman–Crippen LogP) is 2.26. The molecule has 1 unspecified atom stereocenters. The van der Waals surface area contributed by atoms with Gasteiger partial charge < -0.3 is 14.6 Å². The van der Waals surface area contributed by atoms with Gasteiger partial charge in [-0.3, -0.25) is 4.79 Å². The quantitative estimate of drug-likeness (QED) is 0.898. The third kappa shape index (κ3) is 2.36. The highest BCUT2D eigenvalue weighted by atomic mass is 16.3. The maximum absolute atomic E-state index is 12.4. The summed E-state index contributed by atoms with van der Waals surface area (Å²) in [7, 11) is 1.94. The second kappa shape index (κ2) is 5.05. The van der Waals surface area contributed by atoms with Crippen LogP contribution in [0.1, 0.15) is 23.4 Å². The minimum atomic E-state index is -0.00356. The van der Waals surface area contributed by atoms with Crippen molar-refractivity contribution in [2.75, 3.05) is 20.1 Å². The summed E-state index contributed by atoms with van der Waals surface area (Å²) in [6.45, 7) is 1.57. The number of nitrogens with one attached hydrogen (secondary N) is 1. The Labute approximate surface area is 112 Å². The molecule has 0 radical (unpaired) electrons. The number of amides is 1. The number of furan rings is 1. The Kier molecular flexibility index (Phi) is 3.25. The minimum absolute atomic E-state index is 0.00356. The van der Waals surface area contributed by atoms with E-state index in [1.165, 1.54) is 0 Å². The first kappa shape index (κ1) is 12.2. The molecule has 1 saturated heterocycles. The van der Waals surface area contributed by atoms with Gasteiger partial charge in [0.25, 0.3) is 5.91 Å². The van der Waals surface area contributed by atoms with Gasteiger partial charge in [-0.25, -0.2) is 0 Å². The molecular formula is C15H18N2O2. The molecule has 1 aliphatic rings. The van der Waals surface area contributed by atoms with Crippen molar-refractivity contribution in [3.05, 3.63) is 36.1 Å². The summed E-state index contributed by atoms with van der Waals surface area (Å²) in [5, 5.41) is 4.22. The largest absolute Gasteiger partial charge is 0.451 e. The summed E-state index contributed by atoms with van der Waals surface area (Å²) in [5.74, 6) is 0.439. The molecule has 3 rings (SSSR count). The van der Waals surface area contributed by atoms with Crippen molar-refractivity contribution < 1.29 is 9.21 Å². The van der Waals surface area contributed by atoms with Crippen LogP contribution in [0.5, 0.6) is 0 Å². The molecule has 4 nitrogen and oxygen atoms in total. The topological polar surface area (TPSA) is 45.5 Å². The molecule has 1 amide bonds. The van der Waals surface area contributed by atoms with Gasteiger partial charge in [0.05, 0.1) is 0 Å². The van der Waals surface area contributed by atoms with Crippen LogP contribution in [0.2, 0.25) is 0 Å². The highest BCUT2D eigenvalue weighted by molar-refractivity contribution is 5.96. The zero-order chi connectivity index (χ0) is 13.2. The SMILES string of the molecule is CNC1CCCN(C(=O)c2cc3ccccc3o2)C1. The molecule has 1 aliphatic heterocycles. The molecule has 100 valence electrons. The van der Waals surface area contributed by atoms with Crippen LogP contribution in [-0.4, -0.2) is 37.0 Å². The number of hydrogen-bond acceptors (Lipinski definition) is 3. The molecule has 1 N–H and O–H groups in total. The summed E-state index contributed by atoms with van der Waals surface area (Å²) < 4.78 is 5.64. The Morgan fingerprint density at radius 1 is 1.42 bits per heavy atom. The monoisotopic (exact) mass is 258 g/mol. The van der Waals surface area contributed by atoms with E-state index in [1.807, 2.05) is 42.3 Å². The summed E-state index contributed by atoms with van der Waals surface area (Å²) in [6.07, 6.45) is 2.16. The molecule has 4 heteroatoms. The highest BCUT2D eigenvalue weighted by Crippen LogP contribution is 2.21. The molecule has 2 heterocycles. The normalized spacial score (nSPS) is 19.8. The number of para-hydroxylation sites is 1. The number of carbonyl (C=O) groups excluding carboxylic acids is 1. The highest BCUT2D eigenvalue weighted by Gasteiger charge is 2.25. The van der Waals surface area contributed by atoms with Gasteiger partial charge in [0.15, 0.2) is 5.76 Å². The van der Waals surface area contributed by atoms with Crippen molar-refractivity contribution in [2.24, 2.45) is 0 Å². The molecule has 0 bridgehead atoms. The molecule has 1 atom stereocenters. The van der Waals surface area contributed by atoms with Crippen LogP contribution < -0.4 is 5.32 Å². The lowest BCUT2D eigenvalue weighted by molar-refractivity contribution is 0.0668. The second-order valence-corrected chi connectivity index (χ2v) is 5.03. The summed E-state index contributed by atoms with van der Waals surface area (Å²) >= 11 is 0. The Balaban J connectivity index is 1.82. The van der Waals surface area contributed by atoms with Gasteiger partial charge in [-0.05, 0) is 32.0 Å². The Bertz CT molecular complexity index is 558. The van der Waals surface area contributed by atoms with Crippen LogP contribution in [0.4, 0.5) is 0 Å². The molecule has 1 aromatic carbocycles. The summed E-state index contributed by atoms with van der Waals surface area (Å²) in [4.78, 5) is 14.3. The number of carbonyl (C=O) groups is 1. The van der Waals surface area contributed by atoms with Gasteiger partial charge in [-0.2, -0.15) is 0 Å². The molecule has 19 heavy (non-hydrogen) atoms. The average Bonchev–Trinajstić information content (AvgIpc) is 2.90. The van der Waals surface area contributed by atoms with Crippen LogP contribution in [0, 0.1) is 0 Å². The maximum atomic E-state index is 12.4. The van der Waals surface area contributed by atoms with Gasteiger partial charge in [0, 0.05) is 24.5 Å². The summed E-state index contributed by atoms with van der Waals surface area (Å²) in [5.41, 5.74) is 0.771. The third-order valence-corrected chi connectivity index (χ3v) is 3.75. The number of hydrogen-bond donors (Lipinski definition) is 1. The van der Waals surface area contributed by atoms with Crippen molar-refractivity contribution in [1.29, 1.82) is 0 Å². The van der Waals surface area contributed by atoms with Gasteiger partial charge >= 0.3 is 0 Å². The van der Waals surface area contributed by atoms with Gasteiger partial charge in [0.1, 0.15) is 5.58 Å². The van der Waals surface area contributed by atoms with Crippen molar-refractivity contribution in [2.45, 2.75) is 18.9 Å². The lowest BCUT2D eigenvalue weighted by Crippen LogP contribution is -2.46. The Morgan fingerprint density at radius 2 is 2.26 bits per heavy atom. The molecular weight excluding hydrogens is 240 g/mol. The zero-order valence-electron chi connectivity index (χ0n) is 11.1. The van der Waals surface area contributed by atoms with E-state index in [0.717, 1.165) is 36.9 Å². The van der Waals surface area contributed by atoms with E-state index in [2.05, 4.69) is 5.32 Å². The van der Waals surface area contributed by atoms with E-state index in [4.69, 9.17) is 4.42 Å². The number of piperidine rings is 1. The van der Waals surface area contributed by atoms with Crippen LogP contribution in [0.15, 0.2) is 34.7 Å². The van der Waals surface area contributed by atoms with Gasteiger partial charge in [0.2, 0.25) is 0 Å². The minimum Gasteiger partial charge on any atom is -0.451 e. The van der Waals surface area contributed by atoms with E-state index in [1.54, 1.807) is 0 Å². The fourth-order valence-corrected chi connectivity index (χ4v) is 2.64. The fraction of sp³-hybridized carbons (Fsp3) is 0.400. The first-order valence-electron chi connectivity index (χ1n) is 6.73. The summed E-state index contributed by atoms with van der Waals surface area (Å²) in [6, 6.07) is 9.94. The second-order valence-electron chi connectivity index (χ2n) is 5.03. The number of likely N-dealkylation sites (N-methyl/N-ethyl adjacent to an activating group) is 1. The number of fused-ring (bicyclic) bond motifs is 1. The van der Waals surface area contributed by atoms with Crippen molar-refractivity contribution in [3.8, 4) is 0 Å². The van der Waals surface area contributed by atoms with Crippen LogP contribution in [-0.2, 0) is 0 Å². The fourth-order valence-electron chi connectivity index (χ4n) is 2.64. The molecule has 0 spiro atoms. The van der Waals surface area contributed by atoms with Crippen molar-refractivity contribution in [1.82, 2.24) is 10.2 Å². The number of likely N-dealkylation sites (tertiary alicyclic amines) is 1. The zero-order valence-corrected chi connectivity index (χ0v) is 11.1. The van der Waals surface area contributed by atoms with Crippen molar-refractivity contribution in [3.63, 3.8) is 0 Å². The third-order valence-electron chi connectivity index (χ3n) is 3.75. The number of nitrogens with zero attached hydrogens (tertiary/aromatic N) is 1. The molecule has 1 fully saturated rings. The van der Waals surface area contributed by atoms with Gasteiger partial charge in [-0.1, -0.05) is 18.2 Å².